The van der Waals surface area contributed by atoms with Crippen LogP contribution in [0.2, 0.25) is 5.28 Å². The summed E-state index contributed by atoms with van der Waals surface area (Å²) in [6.45, 7) is 5.26. The molecule has 0 saturated carbocycles. The molecular formula is C10H18ClN5. The van der Waals surface area contributed by atoms with Gasteiger partial charge >= 0.3 is 0 Å². The van der Waals surface area contributed by atoms with Crippen LogP contribution in [-0.4, -0.2) is 46.8 Å². The molecule has 1 heterocycles. The third-order valence-corrected chi connectivity index (χ3v) is 2.39. The lowest BCUT2D eigenvalue weighted by atomic mass is 10.0. The zero-order valence-corrected chi connectivity index (χ0v) is 10.9. The van der Waals surface area contributed by atoms with E-state index in [9.17, 15) is 0 Å². The Hall–Kier alpha value is -0.940. The van der Waals surface area contributed by atoms with Crippen molar-refractivity contribution in [2.45, 2.75) is 19.9 Å². The van der Waals surface area contributed by atoms with Gasteiger partial charge in [0.25, 0.3) is 0 Å². The van der Waals surface area contributed by atoms with Gasteiger partial charge in [-0.3, -0.25) is 0 Å². The second-order valence-corrected chi connectivity index (χ2v) is 4.71. The van der Waals surface area contributed by atoms with E-state index in [0.29, 0.717) is 17.8 Å². The maximum Gasteiger partial charge on any atom is 0.244 e. The Morgan fingerprint density at radius 2 is 2.12 bits per heavy atom. The molecule has 90 valence electrons. The van der Waals surface area contributed by atoms with Crippen LogP contribution in [0, 0.1) is 5.92 Å². The highest BCUT2D eigenvalue weighted by Crippen LogP contribution is 2.11. The molecule has 0 saturated heterocycles. The van der Waals surface area contributed by atoms with E-state index in [-0.39, 0.29) is 5.28 Å². The molecule has 0 aromatic carbocycles. The summed E-state index contributed by atoms with van der Waals surface area (Å²) in [6, 6.07) is 0.308. The van der Waals surface area contributed by atoms with E-state index in [1.807, 2.05) is 14.1 Å². The van der Waals surface area contributed by atoms with Crippen molar-refractivity contribution in [3.8, 4) is 0 Å². The van der Waals surface area contributed by atoms with Crippen LogP contribution < -0.4 is 5.32 Å². The van der Waals surface area contributed by atoms with Crippen LogP contribution >= 0.6 is 11.6 Å². The molecule has 0 spiro atoms. The maximum absolute atomic E-state index is 5.68. The minimum atomic E-state index is 0.164. The van der Waals surface area contributed by atoms with E-state index < -0.39 is 0 Å². The summed E-state index contributed by atoms with van der Waals surface area (Å²) >= 11 is 5.68. The summed E-state index contributed by atoms with van der Waals surface area (Å²) in [6.07, 6.45) is 1.58. The Labute approximate surface area is 101 Å². The van der Waals surface area contributed by atoms with E-state index in [2.05, 4.69) is 39.2 Å². The average Bonchev–Trinajstić information content (AvgIpc) is 2.15. The molecule has 0 aliphatic rings. The van der Waals surface area contributed by atoms with Gasteiger partial charge in [-0.05, 0) is 31.6 Å². The van der Waals surface area contributed by atoms with Crippen molar-refractivity contribution in [2.24, 2.45) is 5.92 Å². The van der Waals surface area contributed by atoms with Gasteiger partial charge in [0.15, 0.2) is 0 Å². The smallest absolute Gasteiger partial charge is 0.244 e. The quantitative estimate of drug-likeness (QED) is 0.850. The number of aromatic nitrogens is 3. The Bertz CT molecular complexity index is 329. The lowest BCUT2D eigenvalue weighted by molar-refractivity contribution is 0.344. The van der Waals surface area contributed by atoms with Crippen LogP contribution in [0.3, 0.4) is 0 Å². The van der Waals surface area contributed by atoms with E-state index >= 15 is 0 Å². The lowest BCUT2D eigenvalue weighted by Gasteiger charge is -2.25. The van der Waals surface area contributed by atoms with Crippen molar-refractivity contribution in [1.29, 1.82) is 0 Å². The van der Waals surface area contributed by atoms with Crippen LogP contribution in [0.1, 0.15) is 13.8 Å². The monoisotopic (exact) mass is 243 g/mol. The Morgan fingerprint density at radius 1 is 1.44 bits per heavy atom. The van der Waals surface area contributed by atoms with Gasteiger partial charge in [-0.15, -0.1) is 5.10 Å². The molecule has 1 aromatic heterocycles. The minimum Gasteiger partial charge on any atom is -0.364 e. The fourth-order valence-electron chi connectivity index (χ4n) is 1.36. The van der Waals surface area contributed by atoms with Crippen molar-refractivity contribution in [3.05, 3.63) is 11.5 Å². The fourth-order valence-corrected chi connectivity index (χ4v) is 1.49. The van der Waals surface area contributed by atoms with Gasteiger partial charge in [-0.2, -0.15) is 10.1 Å². The molecule has 1 atom stereocenters. The first-order valence-corrected chi connectivity index (χ1v) is 5.63. The Kier molecular flexibility index (Phi) is 4.89. The van der Waals surface area contributed by atoms with Gasteiger partial charge < -0.3 is 10.2 Å². The van der Waals surface area contributed by atoms with E-state index in [0.717, 1.165) is 6.54 Å². The highest BCUT2D eigenvalue weighted by molar-refractivity contribution is 6.28. The van der Waals surface area contributed by atoms with Crippen LogP contribution in [0.25, 0.3) is 0 Å². The molecule has 1 rings (SSSR count). The summed E-state index contributed by atoms with van der Waals surface area (Å²) in [5, 5.41) is 10.8. The largest absolute Gasteiger partial charge is 0.364 e. The highest BCUT2D eigenvalue weighted by Gasteiger charge is 2.14. The number of likely N-dealkylation sites (N-methyl/N-ethyl adjacent to an activating group) is 1. The van der Waals surface area contributed by atoms with Crippen molar-refractivity contribution >= 4 is 17.4 Å². The third-order valence-electron chi connectivity index (χ3n) is 2.23. The number of nitrogens with one attached hydrogen (secondary N) is 1. The molecule has 0 amide bonds. The van der Waals surface area contributed by atoms with Gasteiger partial charge in [-0.25, -0.2) is 0 Å². The number of hydrogen-bond acceptors (Lipinski definition) is 5. The SMILES string of the molecule is CC(C)C(CN(C)C)Nc1cnnc(Cl)n1. The van der Waals surface area contributed by atoms with Gasteiger partial charge in [0.2, 0.25) is 5.28 Å². The predicted octanol–water partition coefficient (Wildman–Crippen LogP) is 1.52. The molecule has 1 unspecified atom stereocenters. The molecule has 16 heavy (non-hydrogen) atoms. The average molecular weight is 244 g/mol. The van der Waals surface area contributed by atoms with E-state index in [1.165, 1.54) is 0 Å². The molecule has 5 nitrogen and oxygen atoms in total. The summed E-state index contributed by atoms with van der Waals surface area (Å²) in [4.78, 5) is 6.20. The van der Waals surface area contributed by atoms with Gasteiger partial charge in [0.1, 0.15) is 5.82 Å². The highest BCUT2D eigenvalue weighted by atomic mass is 35.5. The second kappa shape index (κ2) is 5.96. The predicted molar refractivity (Wildman–Crippen MR) is 65.6 cm³/mol. The molecule has 1 N–H and O–H groups in total. The second-order valence-electron chi connectivity index (χ2n) is 4.37. The molecular weight excluding hydrogens is 226 g/mol. The Balaban J connectivity index is 2.68. The maximum atomic E-state index is 5.68. The zero-order chi connectivity index (χ0) is 12.1. The summed E-state index contributed by atoms with van der Waals surface area (Å²) in [5.74, 6) is 1.16. The summed E-state index contributed by atoms with van der Waals surface area (Å²) in [7, 11) is 4.09. The first-order valence-electron chi connectivity index (χ1n) is 5.25. The van der Waals surface area contributed by atoms with Crippen LogP contribution in [0.15, 0.2) is 6.20 Å². The number of hydrogen-bond donors (Lipinski definition) is 1. The minimum absolute atomic E-state index is 0.164. The van der Waals surface area contributed by atoms with Crippen LogP contribution in [0.5, 0.6) is 0 Å². The standard InChI is InChI=1S/C10H18ClN5/c1-7(2)8(6-16(3)4)13-9-5-12-15-10(11)14-9/h5,7-8H,6H2,1-4H3,(H,13,14,15). The number of nitrogens with zero attached hydrogens (tertiary/aromatic N) is 4. The van der Waals surface area contributed by atoms with E-state index in [1.54, 1.807) is 6.20 Å². The molecule has 6 heteroatoms. The number of halogens is 1. The van der Waals surface area contributed by atoms with Crippen molar-refractivity contribution in [3.63, 3.8) is 0 Å². The molecule has 0 bridgehead atoms. The van der Waals surface area contributed by atoms with Gasteiger partial charge in [-0.1, -0.05) is 13.8 Å². The number of rotatable bonds is 5. The first kappa shape index (κ1) is 13.1. The molecule has 0 fully saturated rings. The van der Waals surface area contributed by atoms with E-state index in [4.69, 9.17) is 11.6 Å². The van der Waals surface area contributed by atoms with Gasteiger partial charge in [0.05, 0.1) is 6.20 Å². The molecule has 0 aliphatic carbocycles. The van der Waals surface area contributed by atoms with Crippen LogP contribution in [-0.2, 0) is 0 Å². The first-order chi connectivity index (χ1) is 7.49. The molecule has 1 aromatic rings. The normalized spacial score (nSPS) is 13.2. The third kappa shape index (κ3) is 4.28. The Morgan fingerprint density at radius 3 is 2.62 bits per heavy atom. The van der Waals surface area contributed by atoms with Crippen LogP contribution in [0.4, 0.5) is 5.82 Å². The fraction of sp³-hybridized carbons (Fsp3) is 0.700. The lowest BCUT2D eigenvalue weighted by Crippen LogP contribution is -2.36. The van der Waals surface area contributed by atoms with Crippen molar-refractivity contribution in [2.75, 3.05) is 26.0 Å². The van der Waals surface area contributed by atoms with Crippen molar-refractivity contribution in [1.82, 2.24) is 20.1 Å². The molecule has 0 radical (unpaired) electrons. The topological polar surface area (TPSA) is 53.9 Å². The summed E-state index contributed by atoms with van der Waals surface area (Å²) < 4.78 is 0. The van der Waals surface area contributed by atoms with Crippen molar-refractivity contribution < 1.29 is 0 Å². The van der Waals surface area contributed by atoms with Gasteiger partial charge in [0, 0.05) is 12.6 Å². The zero-order valence-electron chi connectivity index (χ0n) is 10.1. The number of anilines is 1. The summed E-state index contributed by atoms with van der Waals surface area (Å²) in [5.41, 5.74) is 0. The molecule has 0 aliphatic heterocycles.